The molecule has 80 valence electrons. The van der Waals surface area contributed by atoms with Crippen molar-refractivity contribution in [3.63, 3.8) is 0 Å². The van der Waals surface area contributed by atoms with Gasteiger partial charge in [-0.3, -0.25) is 0 Å². The minimum atomic E-state index is 0. The van der Waals surface area contributed by atoms with Crippen LogP contribution in [-0.4, -0.2) is 0 Å². The van der Waals surface area contributed by atoms with E-state index in [1.807, 2.05) is 0 Å². The van der Waals surface area contributed by atoms with Crippen molar-refractivity contribution in [3.05, 3.63) is 0 Å². The molecule has 0 saturated heterocycles. The molecule has 3 N–H and O–H groups in total. The first-order valence-electron chi connectivity index (χ1n) is 5.59. The molecular weight excluding hydrogens is 158 g/mol. The van der Waals surface area contributed by atoms with E-state index in [4.69, 9.17) is 0 Å². The van der Waals surface area contributed by atoms with E-state index < -0.39 is 0 Å². The molecule has 0 atom stereocenters. The van der Waals surface area contributed by atoms with E-state index in [0.717, 1.165) is 11.8 Å². The summed E-state index contributed by atoms with van der Waals surface area (Å²) in [6.45, 7) is 9.63. The fraction of sp³-hybridized carbons (Fsp3) is 1.00. The van der Waals surface area contributed by atoms with Crippen LogP contribution >= 0.6 is 0 Å². The lowest BCUT2D eigenvalue weighted by atomic mass is 9.61. The molecule has 1 aliphatic rings. The molecule has 0 unspecified atom stereocenters. The molecule has 0 aliphatic heterocycles. The maximum absolute atomic E-state index is 2.41. The molecule has 0 aromatic heterocycles. The molecule has 0 heterocycles. The summed E-state index contributed by atoms with van der Waals surface area (Å²) in [7, 11) is 0. The lowest BCUT2D eigenvalue weighted by Gasteiger charge is -2.44. The van der Waals surface area contributed by atoms with Crippen molar-refractivity contribution in [3.8, 4) is 0 Å². The third-order valence-electron chi connectivity index (χ3n) is 4.08. The van der Waals surface area contributed by atoms with Gasteiger partial charge in [0.05, 0.1) is 0 Å². The molecule has 1 saturated carbocycles. The summed E-state index contributed by atoms with van der Waals surface area (Å²) in [5, 5.41) is 0. The van der Waals surface area contributed by atoms with Gasteiger partial charge in [0.25, 0.3) is 0 Å². The quantitative estimate of drug-likeness (QED) is 0.679. The molecule has 1 aliphatic carbocycles. The Kier molecular flexibility index (Phi) is 4.98. The van der Waals surface area contributed by atoms with Crippen LogP contribution in [0.3, 0.4) is 0 Å². The van der Waals surface area contributed by atoms with Crippen LogP contribution in [0.1, 0.15) is 59.8 Å². The molecule has 0 aromatic carbocycles. The summed E-state index contributed by atoms with van der Waals surface area (Å²) in [5.74, 6) is 1.75. The van der Waals surface area contributed by atoms with Crippen molar-refractivity contribution in [2.24, 2.45) is 17.3 Å². The topological polar surface area (TPSA) is 35.0 Å². The highest BCUT2D eigenvalue weighted by Crippen LogP contribution is 2.47. The summed E-state index contributed by atoms with van der Waals surface area (Å²) >= 11 is 0. The van der Waals surface area contributed by atoms with Gasteiger partial charge < -0.3 is 6.15 Å². The Balaban J connectivity index is 0.00000144. The third-order valence-corrected chi connectivity index (χ3v) is 4.08. The molecule has 13 heavy (non-hydrogen) atoms. The maximum Gasteiger partial charge on any atom is -0.0251 e. The zero-order chi connectivity index (χ0) is 9.19. The van der Waals surface area contributed by atoms with E-state index in [0.29, 0.717) is 5.41 Å². The Labute approximate surface area is 83.9 Å². The average molecular weight is 185 g/mol. The van der Waals surface area contributed by atoms with Crippen molar-refractivity contribution in [1.29, 1.82) is 0 Å². The van der Waals surface area contributed by atoms with Crippen LogP contribution < -0.4 is 6.15 Å². The number of rotatable bonds is 2. The molecule has 1 rings (SSSR count). The average Bonchev–Trinajstić information content (AvgIpc) is 2.05. The fourth-order valence-electron chi connectivity index (χ4n) is 3.03. The van der Waals surface area contributed by atoms with Gasteiger partial charge in [-0.2, -0.15) is 0 Å². The van der Waals surface area contributed by atoms with Gasteiger partial charge in [-0.1, -0.05) is 47.0 Å². The molecular formula is C12H27N. The first kappa shape index (κ1) is 13.0. The zero-order valence-corrected chi connectivity index (χ0v) is 9.90. The van der Waals surface area contributed by atoms with E-state index in [-0.39, 0.29) is 6.15 Å². The van der Waals surface area contributed by atoms with Crippen molar-refractivity contribution in [2.45, 2.75) is 59.8 Å². The molecule has 0 amide bonds. The highest BCUT2D eigenvalue weighted by molar-refractivity contribution is 4.87. The summed E-state index contributed by atoms with van der Waals surface area (Å²) in [5.41, 5.74) is 0.679. The Morgan fingerprint density at radius 3 is 1.38 bits per heavy atom. The van der Waals surface area contributed by atoms with Gasteiger partial charge in [0.1, 0.15) is 0 Å². The smallest absolute Gasteiger partial charge is 0.0251 e. The van der Waals surface area contributed by atoms with Crippen LogP contribution in [0, 0.1) is 17.3 Å². The first-order valence-corrected chi connectivity index (χ1v) is 5.59. The van der Waals surface area contributed by atoms with Crippen LogP contribution in [0.15, 0.2) is 0 Å². The predicted octanol–water partition coefficient (Wildman–Crippen LogP) is 4.41. The second-order valence-electron chi connectivity index (χ2n) is 5.10. The van der Waals surface area contributed by atoms with Crippen LogP contribution in [0.5, 0.6) is 0 Å². The maximum atomic E-state index is 2.41. The molecule has 1 nitrogen and oxygen atoms in total. The second kappa shape index (κ2) is 4.99. The molecule has 0 spiro atoms. The second-order valence-corrected chi connectivity index (χ2v) is 5.10. The number of hydrogen-bond donors (Lipinski definition) is 1. The Morgan fingerprint density at radius 2 is 1.15 bits per heavy atom. The lowest BCUT2D eigenvalue weighted by Crippen LogP contribution is -2.35. The summed E-state index contributed by atoms with van der Waals surface area (Å²) in [4.78, 5) is 0. The van der Waals surface area contributed by atoms with Gasteiger partial charge in [0.15, 0.2) is 0 Å². The van der Waals surface area contributed by atoms with Gasteiger partial charge in [0.2, 0.25) is 0 Å². The minimum absolute atomic E-state index is 0. The molecule has 0 radical (unpaired) electrons. The van der Waals surface area contributed by atoms with Crippen LogP contribution in [0.4, 0.5) is 0 Å². The van der Waals surface area contributed by atoms with Gasteiger partial charge in [-0.25, -0.2) is 0 Å². The van der Waals surface area contributed by atoms with Crippen LogP contribution in [0.2, 0.25) is 0 Å². The van der Waals surface area contributed by atoms with Gasteiger partial charge >= 0.3 is 0 Å². The first-order chi connectivity index (χ1) is 5.59. The molecule has 1 fully saturated rings. The van der Waals surface area contributed by atoms with E-state index >= 15 is 0 Å². The van der Waals surface area contributed by atoms with E-state index in [2.05, 4.69) is 27.7 Å². The largest absolute Gasteiger partial charge is 0.344 e. The Morgan fingerprint density at radius 1 is 0.769 bits per heavy atom. The summed E-state index contributed by atoms with van der Waals surface area (Å²) < 4.78 is 0. The van der Waals surface area contributed by atoms with Gasteiger partial charge in [-0.15, -0.1) is 0 Å². The van der Waals surface area contributed by atoms with Gasteiger partial charge in [0, 0.05) is 0 Å². The fourth-order valence-corrected chi connectivity index (χ4v) is 3.03. The Hall–Kier alpha value is -0.0400. The van der Waals surface area contributed by atoms with E-state index in [1.165, 1.54) is 32.1 Å². The van der Waals surface area contributed by atoms with Crippen molar-refractivity contribution >= 4 is 0 Å². The predicted molar refractivity (Wildman–Crippen MR) is 60.2 cm³/mol. The van der Waals surface area contributed by atoms with Crippen LogP contribution in [0.25, 0.3) is 0 Å². The van der Waals surface area contributed by atoms with Crippen molar-refractivity contribution in [2.75, 3.05) is 0 Å². The molecule has 0 aromatic rings. The molecule has 1 heteroatoms. The minimum Gasteiger partial charge on any atom is -0.344 e. The summed E-state index contributed by atoms with van der Waals surface area (Å²) in [6.07, 6.45) is 7.36. The monoisotopic (exact) mass is 185 g/mol. The van der Waals surface area contributed by atoms with E-state index in [9.17, 15) is 0 Å². The van der Waals surface area contributed by atoms with E-state index in [1.54, 1.807) is 0 Å². The Bertz CT molecular complexity index is 122. The zero-order valence-electron chi connectivity index (χ0n) is 9.90. The summed E-state index contributed by atoms with van der Waals surface area (Å²) in [6, 6.07) is 0. The SMILES string of the molecule is CC(C)C1(C(C)C)CCCCC1.N. The van der Waals surface area contributed by atoms with Gasteiger partial charge in [-0.05, 0) is 30.1 Å². The third kappa shape index (κ3) is 2.46. The highest BCUT2D eigenvalue weighted by atomic mass is 14.4. The molecule has 0 bridgehead atoms. The van der Waals surface area contributed by atoms with Crippen LogP contribution in [-0.2, 0) is 0 Å². The highest BCUT2D eigenvalue weighted by Gasteiger charge is 2.37. The van der Waals surface area contributed by atoms with Crippen molar-refractivity contribution < 1.29 is 0 Å². The number of hydrogen-bond acceptors (Lipinski definition) is 1. The normalized spacial score (nSPS) is 21.7. The standard InChI is InChI=1S/C12H24.H3N/c1-10(2)12(11(3)4)8-6-5-7-9-12;/h10-11H,5-9H2,1-4H3;1H3. The lowest BCUT2D eigenvalue weighted by molar-refractivity contribution is 0.0587. The van der Waals surface area contributed by atoms with Crippen molar-refractivity contribution in [1.82, 2.24) is 6.15 Å².